The number of carbonyl (C=O) groups excluding carboxylic acids is 2. The van der Waals surface area contributed by atoms with E-state index in [9.17, 15) is 14.4 Å². The molecule has 2 amide bonds. The van der Waals surface area contributed by atoms with E-state index in [1.165, 1.54) is 6.07 Å². The molecule has 0 saturated carbocycles. The Morgan fingerprint density at radius 2 is 2.19 bits per heavy atom. The molecule has 2 aromatic heterocycles. The summed E-state index contributed by atoms with van der Waals surface area (Å²) in [6.45, 7) is 3.12. The number of imidazole rings is 1. The van der Waals surface area contributed by atoms with E-state index < -0.39 is 6.04 Å². The van der Waals surface area contributed by atoms with Crippen LogP contribution in [0.25, 0.3) is 0 Å². The Morgan fingerprint density at radius 1 is 1.33 bits per heavy atom. The molecule has 142 valence electrons. The van der Waals surface area contributed by atoms with Gasteiger partial charge in [-0.2, -0.15) is 0 Å². The number of pyridine rings is 1. The van der Waals surface area contributed by atoms with Crippen LogP contribution in [-0.4, -0.2) is 50.9 Å². The molecular weight excluding hydrogens is 346 g/mol. The minimum atomic E-state index is -0.589. The fourth-order valence-electron chi connectivity index (χ4n) is 4.37. The second-order valence-corrected chi connectivity index (χ2v) is 7.34. The van der Waals surface area contributed by atoms with Gasteiger partial charge in [-0.1, -0.05) is 6.07 Å². The van der Waals surface area contributed by atoms with Crippen molar-refractivity contribution in [2.45, 2.75) is 31.7 Å². The van der Waals surface area contributed by atoms with Gasteiger partial charge in [-0.05, 0) is 12.5 Å². The minimum Gasteiger partial charge on any atom is -0.354 e. The van der Waals surface area contributed by atoms with Gasteiger partial charge in [0.2, 0.25) is 11.8 Å². The van der Waals surface area contributed by atoms with Gasteiger partial charge in [0.15, 0.2) is 0 Å². The molecule has 0 unspecified atom stereocenters. The van der Waals surface area contributed by atoms with Crippen LogP contribution in [0.3, 0.4) is 0 Å². The van der Waals surface area contributed by atoms with Crippen LogP contribution >= 0.6 is 0 Å². The topological polar surface area (TPSA) is 100 Å². The Labute approximate surface area is 156 Å². The first-order valence-electron chi connectivity index (χ1n) is 9.26. The largest absolute Gasteiger partial charge is 0.354 e. The average Bonchev–Trinajstić information content (AvgIpc) is 3.16. The number of fused-ring (bicyclic) bond motifs is 4. The predicted molar refractivity (Wildman–Crippen MR) is 98.1 cm³/mol. The van der Waals surface area contributed by atoms with E-state index in [2.05, 4.69) is 15.3 Å². The van der Waals surface area contributed by atoms with Gasteiger partial charge in [-0.25, -0.2) is 4.98 Å². The fraction of sp³-hybridized carbons (Fsp3) is 0.474. The first-order valence-corrected chi connectivity index (χ1v) is 9.26. The minimum absolute atomic E-state index is 0.00910. The number of H-pyrrole nitrogens is 1. The number of carbonyl (C=O) groups is 2. The summed E-state index contributed by atoms with van der Waals surface area (Å²) in [6.07, 6.45) is 4.78. The number of likely N-dealkylation sites (tertiary alicyclic amines) is 1. The Balaban J connectivity index is 1.60. The molecule has 4 rings (SSSR count). The van der Waals surface area contributed by atoms with Gasteiger partial charge in [0.25, 0.3) is 5.56 Å². The molecule has 0 aromatic carbocycles. The molecule has 27 heavy (non-hydrogen) atoms. The van der Waals surface area contributed by atoms with Crippen molar-refractivity contribution >= 4 is 11.8 Å². The highest BCUT2D eigenvalue weighted by molar-refractivity contribution is 5.81. The number of nitrogens with one attached hydrogen (secondary N) is 2. The maximum atomic E-state index is 13.0. The Kier molecular flexibility index (Phi) is 4.55. The Bertz CT molecular complexity index is 904. The van der Waals surface area contributed by atoms with Gasteiger partial charge in [-0.15, -0.1) is 0 Å². The zero-order valence-electron chi connectivity index (χ0n) is 15.2. The van der Waals surface area contributed by atoms with Gasteiger partial charge in [0, 0.05) is 68.5 Å². The summed E-state index contributed by atoms with van der Waals surface area (Å²) in [4.78, 5) is 46.3. The summed E-state index contributed by atoms with van der Waals surface area (Å²) >= 11 is 0. The lowest BCUT2D eigenvalue weighted by atomic mass is 9.78. The maximum Gasteiger partial charge on any atom is 0.251 e. The van der Waals surface area contributed by atoms with E-state index >= 15 is 0 Å². The number of hydrogen-bond acceptors (Lipinski definition) is 4. The number of rotatable bonds is 4. The predicted octanol–water partition coefficient (Wildman–Crippen LogP) is 0.437. The molecule has 1 fully saturated rings. The third-order valence-electron chi connectivity index (χ3n) is 5.61. The van der Waals surface area contributed by atoms with Crippen LogP contribution in [0.15, 0.2) is 35.5 Å². The third-order valence-corrected chi connectivity index (χ3v) is 5.61. The standard InChI is InChI=1S/C19H23N5O3/c1-12(25)23-9-13-7-14(10-23)18(24-16(13)3-2-4-17(24)26)19(27)21-6-5-15-8-20-11-22-15/h2-4,8,11,13-14,18H,5-7,9-10H2,1H3,(H,20,22)(H,21,27)/t13-,14+,18-/m1/s1. The van der Waals surface area contributed by atoms with Gasteiger partial charge >= 0.3 is 0 Å². The van der Waals surface area contributed by atoms with Crippen molar-refractivity contribution in [2.24, 2.45) is 5.92 Å². The molecule has 0 radical (unpaired) electrons. The van der Waals surface area contributed by atoms with E-state index in [0.717, 1.165) is 17.8 Å². The van der Waals surface area contributed by atoms with E-state index in [4.69, 9.17) is 0 Å². The molecule has 8 nitrogen and oxygen atoms in total. The normalized spacial score (nSPS) is 23.6. The first kappa shape index (κ1) is 17.5. The zero-order chi connectivity index (χ0) is 19.0. The quantitative estimate of drug-likeness (QED) is 0.817. The molecule has 1 saturated heterocycles. The summed E-state index contributed by atoms with van der Waals surface area (Å²) in [5.74, 6) is -0.129. The van der Waals surface area contributed by atoms with E-state index in [1.54, 1.807) is 35.0 Å². The highest BCUT2D eigenvalue weighted by Gasteiger charge is 2.44. The molecule has 0 aliphatic carbocycles. The Hall–Kier alpha value is -2.90. The molecule has 2 aromatic rings. The van der Waals surface area contributed by atoms with Crippen molar-refractivity contribution in [2.75, 3.05) is 19.6 Å². The highest BCUT2D eigenvalue weighted by atomic mass is 16.2. The SMILES string of the molecule is CC(=O)N1C[C@H]2C[C@@H](C1)[C@H](C(=O)NCCc1cnc[nH]1)n1c2cccc1=O. The van der Waals surface area contributed by atoms with E-state index in [1.807, 2.05) is 6.07 Å². The molecule has 2 bridgehead atoms. The maximum absolute atomic E-state index is 13.0. The summed E-state index contributed by atoms with van der Waals surface area (Å²) < 4.78 is 1.64. The lowest BCUT2D eigenvalue weighted by Gasteiger charge is -2.46. The average molecular weight is 369 g/mol. The van der Waals surface area contributed by atoms with Crippen molar-refractivity contribution in [3.05, 3.63) is 52.5 Å². The van der Waals surface area contributed by atoms with Crippen molar-refractivity contribution in [1.82, 2.24) is 24.8 Å². The fourth-order valence-corrected chi connectivity index (χ4v) is 4.37. The number of aromatic nitrogens is 3. The highest BCUT2D eigenvalue weighted by Crippen LogP contribution is 2.41. The van der Waals surface area contributed by atoms with Crippen LogP contribution in [0, 0.1) is 5.92 Å². The molecule has 8 heteroatoms. The molecule has 2 aliphatic heterocycles. The van der Waals surface area contributed by atoms with Crippen LogP contribution in [0.4, 0.5) is 0 Å². The van der Waals surface area contributed by atoms with Crippen molar-refractivity contribution < 1.29 is 9.59 Å². The first-order chi connectivity index (χ1) is 13.0. The number of hydrogen-bond donors (Lipinski definition) is 2. The lowest BCUT2D eigenvalue weighted by Crippen LogP contribution is -2.54. The van der Waals surface area contributed by atoms with E-state index in [-0.39, 0.29) is 29.2 Å². The van der Waals surface area contributed by atoms with Crippen molar-refractivity contribution in [3.8, 4) is 0 Å². The number of piperidine rings is 1. The summed E-state index contributed by atoms with van der Waals surface area (Å²) in [5.41, 5.74) is 1.63. The van der Waals surface area contributed by atoms with Crippen molar-refractivity contribution in [1.29, 1.82) is 0 Å². The van der Waals surface area contributed by atoms with Gasteiger partial charge in [-0.3, -0.25) is 19.0 Å². The van der Waals surface area contributed by atoms with Gasteiger partial charge in [0.05, 0.1) is 6.33 Å². The van der Waals surface area contributed by atoms with Gasteiger partial charge in [0.1, 0.15) is 6.04 Å². The molecule has 2 aliphatic rings. The van der Waals surface area contributed by atoms with Crippen LogP contribution in [0.1, 0.15) is 36.7 Å². The second-order valence-electron chi connectivity index (χ2n) is 7.34. The summed E-state index contributed by atoms with van der Waals surface area (Å²) in [6, 6.07) is 4.54. The van der Waals surface area contributed by atoms with Crippen LogP contribution < -0.4 is 10.9 Å². The van der Waals surface area contributed by atoms with Crippen molar-refractivity contribution in [3.63, 3.8) is 0 Å². The summed E-state index contributed by atoms with van der Waals surface area (Å²) in [5, 5.41) is 2.96. The molecule has 0 spiro atoms. The second kappa shape index (κ2) is 7.02. The van der Waals surface area contributed by atoms with E-state index in [0.29, 0.717) is 26.1 Å². The van der Waals surface area contributed by atoms with Crippen LogP contribution in [0.2, 0.25) is 0 Å². The monoisotopic (exact) mass is 369 g/mol. The number of nitrogens with zero attached hydrogens (tertiary/aromatic N) is 3. The zero-order valence-corrected chi connectivity index (χ0v) is 15.2. The molecule has 3 atom stereocenters. The molecular formula is C19H23N5O3. The molecule has 4 heterocycles. The van der Waals surface area contributed by atoms with Crippen LogP contribution in [-0.2, 0) is 16.0 Å². The number of aromatic amines is 1. The van der Waals surface area contributed by atoms with Gasteiger partial charge < -0.3 is 15.2 Å². The number of amides is 2. The summed E-state index contributed by atoms with van der Waals surface area (Å²) in [7, 11) is 0. The Morgan fingerprint density at radius 3 is 2.93 bits per heavy atom. The lowest BCUT2D eigenvalue weighted by molar-refractivity contribution is -0.135. The smallest absolute Gasteiger partial charge is 0.251 e. The molecule has 2 N–H and O–H groups in total. The third kappa shape index (κ3) is 3.27. The van der Waals surface area contributed by atoms with Crippen LogP contribution in [0.5, 0.6) is 0 Å².